The minimum atomic E-state index is -0.998. The number of hydrogen-bond acceptors (Lipinski definition) is 8. The number of aromatic nitrogens is 1. The molecule has 1 N–H and O–H groups in total. The molecule has 0 unspecified atom stereocenters. The van der Waals surface area contributed by atoms with Gasteiger partial charge in [0.05, 0.1) is 38.6 Å². The third kappa shape index (κ3) is 14.0. The van der Waals surface area contributed by atoms with E-state index in [0.29, 0.717) is 52.1 Å². The molecule has 5 atom stereocenters. The van der Waals surface area contributed by atoms with Gasteiger partial charge in [-0.3, -0.25) is 14.5 Å². The van der Waals surface area contributed by atoms with Crippen molar-refractivity contribution in [3.05, 3.63) is 221 Å². The van der Waals surface area contributed by atoms with Crippen LogP contribution in [0.4, 0.5) is 0 Å². The van der Waals surface area contributed by atoms with Gasteiger partial charge >= 0.3 is 0 Å². The van der Waals surface area contributed by atoms with Crippen molar-refractivity contribution in [3.8, 4) is 0 Å². The van der Waals surface area contributed by atoms with Crippen molar-refractivity contribution >= 4 is 28.8 Å². The quantitative estimate of drug-likeness (QED) is 0.0716. The second-order valence-electron chi connectivity index (χ2n) is 21.0. The van der Waals surface area contributed by atoms with E-state index in [2.05, 4.69) is 133 Å². The Morgan fingerprint density at radius 1 is 0.645 bits per heavy atom. The number of carbonyl (C=O) groups is 2. The van der Waals surface area contributed by atoms with Crippen molar-refractivity contribution in [1.29, 1.82) is 0 Å². The van der Waals surface area contributed by atoms with Crippen molar-refractivity contribution in [2.45, 2.75) is 116 Å². The van der Waals surface area contributed by atoms with E-state index < -0.39 is 36.1 Å². The maximum absolute atomic E-state index is 13.4. The molecule has 396 valence electrons. The first-order valence-corrected chi connectivity index (χ1v) is 26.9. The highest BCUT2D eigenvalue weighted by molar-refractivity contribution is 5.91. The Labute approximate surface area is 449 Å². The number of ether oxygens (including phenoxy) is 5. The highest BCUT2D eigenvalue weighted by atomic mass is 16.6. The summed E-state index contributed by atoms with van der Waals surface area (Å²) in [5.74, 6) is -0.241. The monoisotopic (exact) mass is 1020 g/mol. The first-order chi connectivity index (χ1) is 37.0. The number of fused-ring (bicyclic) bond motifs is 1. The summed E-state index contributed by atoms with van der Waals surface area (Å²) in [6.45, 7) is 15.4. The highest BCUT2D eigenvalue weighted by Crippen LogP contribution is 2.42. The highest BCUT2D eigenvalue weighted by Gasteiger charge is 2.50. The molecule has 2 aliphatic heterocycles. The van der Waals surface area contributed by atoms with Crippen LogP contribution in [0.15, 0.2) is 176 Å². The Bertz CT molecular complexity index is 2960. The predicted molar refractivity (Wildman–Crippen MR) is 300 cm³/mol. The molecule has 6 aromatic carbocycles. The van der Waals surface area contributed by atoms with Gasteiger partial charge in [0.15, 0.2) is 0 Å². The number of nitrogens with zero attached hydrogens (tertiary/aromatic N) is 3. The zero-order chi connectivity index (χ0) is 52.9. The lowest BCUT2D eigenvalue weighted by atomic mass is 9.90. The molecule has 2 amide bonds. The lowest BCUT2D eigenvalue weighted by Crippen LogP contribution is -2.60. The van der Waals surface area contributed by atoms with Gasteiger partial charge in [0.25, 0.3) is 0 Å². The average Bonchev–Trinajstić information content (AvgIpc) is 3.81. The van der Waals surface area contributed by atoms with Crippen LogP contribution in [0.1, 0.15) is 84.7 Å². The summed E-state index contributed by atoms with van der Waals surface area (Å²) in [7, 11) is 0. The number of benzene rings is 6. The van der Waals surface area contributed by atoms with Crippen molar-refractivity contribution in [1.82, 2.24) is 19.7 Å². The molecule has 11 nitrogen and oxygen atoms in total. The molecular weight excluding hydrogens is 949 g/mol. The van der Waals surface area contributed by atoms with Gasteiger partial charge in [0, 0.05) is 62.3 Å². The number of para-hydroxylation sites is 1. The molecule has 2 saturated heterocycles. The second-order valence-corrected chi connectivity index (χ2v) is 21.0. The van der Waals surface area contributed by atoms with Gasteiger partial charge in [-0.15, -0.1) is 0 Å². The standard InChI is InChI=1S/C65H74N4O7/c1-47(2)67-36-38-68(39-37-67)64(71)65(4,5)66-58(70)31-19-29-49-32-34-50(35-33-49)40-69-41-56(55-30-18-20-48(3)59(55)69)60-62(74-44-53-25-14-8-15-26-53)63(75-45-54-27-16-9-17-28-54)61(73-43-52-23-12-7-13-24-52)57(76-60)46-72-42-51-21-10-6-11-22-51/h6-30,32-35,41,47,57,60-63H,31,36-40,42-46H2,1-5H3,(H,66,70)/b29-19+/t57-,60+,61-,62+,63+/m1/s1. The second kappa shape index (κ2) is 25.9. The number of nitrogens with one attached hydrogen (secondary N) is 1. The molecule has 76 heavy (non-hydrogen) atoms. The first kappa shape index (κ1) is 54.1. The molecule has 9 rings (SSSR count). The maximum Gasteiger partial charge on any atom is 0.247 e. The Kier molecular flexibility index (Phi) is 18.4. The molecule has 0 aliphatic carbocycles. The molecule has 0 bridgehead atoms. The van der Waals surface area contributed by atoms with E-state index in [1.165, 1.54) is 0 Å². The summed E-state index contributed by atoms with van der Waals surface area (Å²) in [5, 5.41) is 4.06. The van der Waals surface area contributed by atoms with E-state index in [0.717, 1.165) is 68.5 Å². The third-order valence-corrected chi connectivity index (χ3v) is 14.6. The number of amides is 2. The number of hydrogen-bond donors (Lipinski definition) is 1. The molecule has 1 aromatic heterocycles. The maximum atomic E-state index is 13.4. The van der Waals surface area contributed by atoms with Crippen molar-refractivity contribution in [2.24, 2.45) is 0 Å². The van der Waals surface area contributed by atoms with Crippen LogP contribution < -0.4 is 5.32 Å². The van der Waals surface area contributed by atoms with E-state index in [-0.39, 0.29) is 24.8 Å². The zero-order valence-corrected chi connectivity index (χ0v) is 44.8. The smallest absolute Gasteiger partial charge is 0.247 e. The van der Waals surface area contributed by atoms with Gasteiger partial charge in [-0.05, 0) is 73.6 Å². The van der Waals surface area contributed by atoms with Crippen LogP contribution in [0, 0.1) is 6.92 Å². The van der Waals surface area contributed by atoms with Crippen LogP contribution in [0.5, 0.6) is 0 Å². The molecule has 2 fully saturated rings. The number of aryl methyl sites for hydroxylation is 1. The molecule has 0 spiro atoms. The van der Waals surface area contributed by atoms with Gasteiger partial charge < -0.3 is 38.5 Å². The summed E-state index contributed by atoms with van der Waals surface area (Å²) >= 11 is 0. The number of piperazine rings is 1. The Morgan fingerprint density at radius 2 is 1.18 bits per heavy atom. The molecule has 3 heterocycles. The van der Waals surface area contributed by atoms with Crippen LogP contribution >= 0.6 is 0 Å². The van der Waals surface area contributed by atoms with Crippen LogP contribution in [0.3, 0.4) is 0 Å². The minimum absolute atomic E-state index is 0.0489. The molecule has 7 aromatic rings. The summed E-state index contributed by atoms with van der Waals surface area (Å²) in [6.07, 6.45) is 3.36. The number of carbonyl (C=O) groups excluding carboxylic acids is 2. The van der Waals surface area contributed by atoms with E-state index in [1.807, 2.05) is 89.8 Å². The first-order valence-electron chi connectivity index (χ1n) is 26.9. The van der Waals surface area contributed by atoms with E-state index >= 15 is 0 Å². The Morgan fingerprint density at radius 3 is 1.75 bits per heavy atom. The normalized spacial score (nSPS) is 19.4. The predicted octanol–water partition coefficient (Wildman–Crippen LogP) is 11.3. The van der Waals surface area contributed by atoms with Crippen molar-refractivity contribution in [2.75, 3.05) is 32.8 Å². The average molecular weight is 1020 g/mol. The molecular formula is C65H74N4O7. The molecule has 2 aliphatic rings. The SMILES string of the molecule is Cc1cccc2c([C@@H]3O[C@H](COCc4ccccc4)[C@@H](OCc4ccccc4)[C@H](OCc4ccccc4)[C@H]3OCc3ccccc3)cn(Cc3ccc(/C=C/CC(=O)NC(C)(C)C(=O)N4CCN(C(C)C)CC4)cc3)c12. The largest absolute Gasteiger partial charge is 0.374 e. The summed E-state index contributed by atoms with van der Waals surface area (Å²) in [6, 6.07) is 56.2. The van der Waals surface area contributed by atoms with Gasteiger partial charge in [-0.25, -0.2) is 0 Å². The summed E-state index contributed by atoms with van der Waals surface area (Å²) in [5.41, 5.74) is 8.54. The van der Waals surface area contributed by atoms with Crippen LogP contribution in [-0.2, 0) is 66.2 Å². The Balaban J connectivity index is 0.978. The lowest BCUT2D eigenvalue weighted by molar-refractivity contribution is -0.274. The third-order valence-electron chi connectivity index (χ3n) is 14.6. The molecule has 11 heteroatoms. The van der Waals surface area contributed by atoms with Crippen LogP contribution in [0.25, 0.3) is 17.0 Å². The Hall–Kier alpha value is -6.70. The fourth-order valence-electron chi connectivity index (χ4n) is 10.5. The molecule has 0 saturated carbocycles. The van der Waals surface area contributed by atoms with Gasteiger partial charge in [-0.2, -0.15) is 0 Å². The fraction of sp³-hybridized carbons (Fsp3) is 0.354. The summed E-state index contributed by atoms with van der Waals surface area (Å²) < 4.78 is 37.6. The van der Waals surface area contributed by atoms with Gasteiger partial charge in [-0.1, -0.05) is 176 Å². The van der Waals surface area contributed by atoms with Gasteiger partial charge in [0.2, 0.25) is 11.8 Å². The van der Waals surface area contributed by atoms with E-state index in [1.54, 1.807) is 13.8 Å². The van der Waals surface area contributed by atoms with E-state index in [9.17, 15) is 9.59 Å². The lowest BCUT2D eigenvalue weighted by Gasteiger charge is -2.46. The van der Waals surface area contributed by atoms with Crippen LogP contribution in [0.2, 0.25) is 0 Å². The molecule has 0 radical (unpaired) electrons. The summed E-state index contributed by atoms with van der Waals surface area (Å²) in [4.78, 5) is 30.8. The van der Waals surface area contributed by atoms with Gasteiger partial charge in [0.1, 0.15) is 36.1 Å². The van der Waals surface area contributed by atoms with Crippen LogP contribution in [-0.4, -0.2) is 95.0 Å². The topological polar surface area (TPSA) is 104 Å². The van der Waals surface area contributed by atoms with E-state index in [4.69, 9.17) is 23.7 Å². The van der Waals surface area contributed by atoms with Crippen molar-refractivity contribution in [3.63, 3.8) is 0 Å². The fourth-order valence-corrected chi connectivity index (χ4v) is 10.5. The number of rotatable bonds is 22. The minimum Gasteiger partial charge on any atom is -0.374 e. The van der Waals surface area contributed by atoms with Crippen molar-refractivity contribution < 1.29 is 33.3 Å². The zero-order valence-electron chi connectivity index (χ0n) is 44.8.